The van der Waals surface area contributed by atoms with E-state index in [2.05, 4.69) is 10.3 Å². The van der Waals surface area contributed by atoms with E-state index < -0.39 is 23.3 Å². The smallest absolute Gasteiger partial charge is 0.326 e. The molecular formula is C12H13Cl3N2O3. The Kier molecular flexibility index (Phi) is 5.24. The van der Waals surface area contributed by atoms with Crippen LogP contribution >= 0.6 is 34.8 Å². The Balaban J connectivity index is 3.08. The van der Waals surface area contributed by atoms with E-state index in [0.29, 0.717) is 0 Å². The van der Waals surface area contributed by atoms with Crippen molar-refractivity contribution in [1.29, 1.82) is 0 Å². The van der Waals surface area contributed by atoms with Crippen molar-refractivity contribution in [3.63, 3.8) is 0 Å². The monoisotopic (exact) mass is 338 g/mol. The first kappa shape index (κ1) is 17.0. The third-order valence-electron chi connectivity index (χ3n) is 2.52. The first-order chi connectivity index (χ1) is 9.05. The topological polar surface area (TPSA) is 79.3 Å². The van der Waals surface area contributed by atoms with Crippen LogP contribution in [0.1, 0.15) is 31.3 Å². The van der Waals surface area contributed by atoms with Crippen molar-refractivity contribution in [2.75, 3.05) is 0 Å². The lowest BCUT2D eigenvalue weighted by atomic mass is 9.86. The van der Waals surface area contributed by atoms with Gasteiger partial charge in [-0.05, 0) is 5.41 Å². The fourth-order valence-corrected chi connectivity index (χ4v) is 2.02. The van der Waals surface area contributed by atoms with Crippen LogP contribution in [-0.4, -0.2) is 28.0 Å². The number of carboxylic acids is 1. The quantitative estimate of drug-likeness (QED) is 0.886. The lowest BCUT2D eigenvalue weighted by Gasteiger charge is -2.27. The SMILES string of the molecule is CC(C)(C)[C@@H](NC(=O)c1ncc(Cl)c(Cl)c1Cl)C(=O)O. The van der Waals surface area contributed by atoms with Crippen LogP contribution < -0.4 is 5.32 Å². The molecule has 1 aromatic heterocycles. The number of hydrogen-bond donors (Lipinski definition) is 2. The summed E-state index contributed by atoms with van der Waals surface area (Å²) in [5.74, 6) is -1.88. The summed E-state index contributed by atoms with van der Waals surface area (Å²) < 4.78 is 0. The maximum atomic E-state index is 12.1. The largest absolute Gasteiger partial charge is 0.480 e. The van der Waals surface area contributed by atoms with Gasteiger partial charge < -0.3 is 10.4 Å². The summed E-state index contributed by atoms with van der Waals surface area (Å²) in [6, 6.07) is -1.10. The fourth-order valence-electron chi connectivity index (χ4n) is 1.45. The number of carbonyl (C=O) groups is 2. The molecule has 20 heavy (non-hydrogen) atoms. The van der Waals surface area contributed by atoms with Crippen LogP contribution in [-0.2, 0) is 4.79 Å². The predicted octanol–water partition coefficient (Wildman–Crippen LogP) is 3.27. The summed E-state index contributed by atoms with van der Waals surface area (Å²) in [7, 11) is 0. The minimum atomic E-state index is -1.15. The Bertz CT molecular complexity index is 556. The molecule has 0 unspecified atom stereocenters. The Labute approximate surface area is 131 Å². The highest BCUT2D eigenvalue weighted by molar-refractivity contribution is 6.48. The predicted molar refractivity (Wildman–Crippen MR) is 77.6 cm³/mol. The minimum Gasteiger partial charge on any atom is -0.480 e. The number of nitrogens with zero attached hydrogens (tertiary/aromatic N) is 1. The lowest BCUT2D eigenvalue weighted by molar-refractivity contribution is -0.142. The highest BCUT2D eigenvalue weighted by Crippen LogP contribution is 2.31. The van der Waals surface area contributed by atoms with E-state index in [9.17, 15) is 9.59 Å². The first-order valence-corrected chi connectivity index (χ1v) is 6.72. The van der Waals surface area contributed by atoms with E-state index in [1.807, 2.05) is 0 Å². The number of amides is 1. The number of halogens is 3. The number of hydrogen-bond acceptors (Lipinski definition) is 3. The number of rotatable bonds is 3. The van der Waals surface area contributed by atoms with Gasteiger partial charge in [0.2, 0.25) is 0 Å². The molecule has 0 saturated heterocycles. The molecule has 0 radical (unpaired) electrons. The number of carboxylic acid groups (broad SMARTS) is 1. The van der Waals surface area contributed by atoms with Crippen molar-refractivity contribution in [2.24, 2.45) is 5.41 Å². The number of aliphatic carboxylic acids is 1. The maximum Gasteiger partial charge on any atom is 0.326 e. The van der Waals surface area contributed by atoms with E-state index in [0.717, 1.165) is 0 Å². The molecule has 2 N–H and O–H groups in total. The molecule has 0 spiro atoms. The average Bonchev–Trinajstić information content (AvgIpc) is 2.31. The van der Waals surface area contributed by atoms with Crippen molar-refractivity contribution in [3.8, 4) is 0 Å². The number of carbonyl (C=O) groups excluding carboxylic acids is 1. The Morgan fingerprint density at radius 2 is 1.80 bits per heavy atom. The van der Waals surface area contributed by atoms with E-state index >= 15 is 0 Å². The van der Waals surface area contributed by atoms with E-state index in [1.54, 1.807) is 20.8 Å². The molecule has 1 heterocycles. The Morgan fingerprint density at radius 3 is 2.25 bits per heavy atom. The van der Waals surface area contributed by atoms with Crippen LogP contribution in [0.15, 0.2) is 6.20 Å². The summed E-state index contributed by atoms with van der Waals surface area (Å²) in [6.45, 7) is 5.07. The lowest BCUT2D eigenvalue weighted by Crippen LogP contribution is -2.49. The molecule has 0 bridgehead atoms. The van der Waals surface area contributed by atoms with Crippen molar-refractivity contribution in [1.82, 2.24) is 10.3 Å². The van der Waals surface area contributed by atoms with Gasteiger partial charge >= 0.3 is 5.97 Å². The zero-order valence-corrected chi connectivity index (χ0v) is 13.3. The molecule has 5 nitrogen and oxygen atoms in total. The third kappa shape index (κ3) is 3.75. The second-order valence-corrected chi connectivity index (χ2v) is 6.36. The molecular weight excluding hydrogens is 327 g/mol. The second kappa shape index (κ2) is 6.16. The minimum absolute atomic E-state index is 0.00360. The van der Waals surface area contributed by atoms with Gasteiger partial charge in [0.25, 0.3) is 5.91 Å². The number of pyridine rings is 1. The Morgan fingerprint density at radius 1 is 1.25 bits per heavy atom. The molecule has 0 aliphatic rings. The van der Waals surface area contributed by atoms with Gasteiger partial charge in [0.1, 0.15) is 11.7 Å². The molecule has 1 amide bonds. The number of aromatic nitrogens is 1. The van der Waals surface area contributed by atoms with Crippen molar-refractivity contribution in [3.05, 3.63) is 27.0 Å². The van der Waals surface area contributed by atoms with E-state index in [1.165, 1.54) is 6.20 Å². The summed E-state index contributed by atoms with van der Waals surface area (Å²) in [6.07, 6.45) is 1.18. The van der Waals surface area contributed by atoms with Crippen molar-refractivity contribution >= 4 is 46.7 Å². The molecule has 0 fully saturated rings. The first-order valence-electron chi connectivity index (χ1n) is 5.59. The fraction of sp³-hybridized carbons (Fsp3) is 0.417. The van der Waals surface area contributed by atoms with Crippen LogP contribution in [0.5, 0.6) is 0 Å². The van der Waals surface area contributed by atoms with Gasteiger partial charge in [-0.15, -0.1) is 0 Å². The number of nitrogens with one attached hydrogen (secondary N) is 1. The van der Waals surface area contributed by atoms with Gasteiger partial charge in [0.15, 0.2) is 0 Å². The van der Waals surface area contributed by atoms with Crippen LogP contribution in [0.2, 0.25) is 15.1 Å². The maximum absolute atomic E-state index is 12.1. The van der Waals surface area contributed by atoms with Crippen LogP contribution in [0, 0.1) is 5.41 Å². The van der Waals surface area contributed by atoms with Gasteiger partial charge in [-0.3, -0.25) is 4.79 Å². The zero-order valence-electron chi connectivity index (χ0n) is 11.0. The normalized spacial score (nSPS) is 12.9. The Hall–Kier alpha value is -1.04. The molecule has 1 atom stereocenters. The summed E-state index contributed by atoms with van der Waals surface area (Å²) in [5.41, 5.74) is -0.846. The van der Waals surface area contributed by atoms with Gasteiger partial charge in [-0.1, -0.05) is 55.6 Å². The van der Waals surface area contributed by atoms with Gasteiger partial charge in [0.05, 0.1) is 15.1 Å². The van der Waals surface area contributed by atoms with Gasteiger partial charge in [-0.25, -0.2) is 9.78 Å². The molecule has 8 heteroatoms. The highest BCUT2D eigenvalue weighted by atomic mass is 35.5. The van der Waals surface area contributed by atoms with E-state index in [4.69, 9.17) is 39.9 Å². The molecule has 0 aliphatic heterocycles. The molecule has 1 rings (SSSR count). The molecule has 0 aliphatic carbocycles. The van der Waals surface area contributed by atoms with Gasteiger partial charge in [-0.2, -0.15) is 0 Å². The van der Waals surface area contributed by atoms with Crippen molar-refractivity contribution in [2.45, 2.75) is 26.8 Å². The summed E-state index contributed by atoms with van der Waals surface area (Å²) in [5, 5.41) is 11.5. The summed E-state index contributed by atoms with van der Waals surface area (Å²) in [4.78, 5) is 27.1. The average molecular weight is 340 g/mol. The van der Waals surface area contributed by atoms with Crippen LogP contribution in [0.25, 0.3) is 0 Å². The molecule has 0 saturated carbocycles. The van der Waals surface area contributed by atoms with Crippen molar-refractivity contribution < 1.29 is 14.7 Å². The van der Waals surface area contributed by atoms with Gasteiger partial charge in [0, 0.05) is 6.20 Å². The van der Waals surface area contributed by atoms with Crippen LogP contribution in [0.4, 0.5) is 0 Å². The summed E-state index contributed by atoms with van der Waals surface area (Å²) >= 11 is 17.4. The van der Waals surface area contributed by atoms with Crippen LogP contribution in [0.3, 0.4) is 0 Å². The van der Waals surface area contributed by atoms with E-state index in [-0.39, 0.29) is 20.8 Å². The second-order valence-electron chi connectivity index (χ2n) is 5.19. The standard InChI is InChI=1S/C12H13Cl3N2O3/c1-12(2,3)9(11(19)20)17-10(18)8-7(15)6(14)5(13)4-16-8/h4,9H,1-3H3,(H,17,18)(H,19,20)/t9-/m0/s1. The molecule has 110 valence electrons. The molecule has 0 aromatic carbocycles. The molecule has 1 aromatic rings. The third-order valence-corrected chi connectivity index (χ3v) is 3.76. The zero-order chi connectivity index (χ0) is 15.7. The highest BCUT2D eigenvalue weighted by Gasteiger charge is 2.33.